The van der Waals surface area contributed by atoms with Crippen molar-refractivity contribution in [2.45, 2.75) is 32.0 Å². The number of thioether (sulfide) groups is 1. The van der Waals surface area contributed by atoms with Gasteiger partial charge in [0.05, 0.1) is 12.9 Å². The van der Waals surface area contributed by atoms with E-state index < -0.39 is 0 Å². The number of benzene rings is 3. The van der Waals surface area contributed by atoms with Crippen LogP contribution in [0, 0.1) is 13.8 Å². The van der Waals surface area contributed by atoms with E-state index in [0.29, 0.717) is 6.54 Å². The van der Waals surface area contributed by atoms with Crippen LogP contribution in [0.15, 0.2) is 78.0 Å². The molecule has 0 fully saturated rings. The highest BCUT2D eigenvalue weighted by Gasteiger charge is 2.16. The number of anilines is 1. The third-order valence-electron chi connectivity index (χ3n) is 5.52. The number of nitrogens with one attached hydrogen (secondary N) is 1. The Morgan fingerprint density at radius 3 is 2.47 bits per heavy atom. The zero-order valence-corrected chi connectivity index (χ0v) is 20.4. The number of nitrogens with zero attached hydrogens (tertiary/aromatic N) is 3. The average Bonchev–Trinajstić information content (AvgIpc) is 3.26. The van der Waals surface area contributed by atoms with Gasteiger partial charge in [-0.1, -0.05) is 59.8 Å². The van der Waals surface area contributed by atoms with Crippen molar-refractivity contribution < 1.29 is 9.53 Å². The molecule has 34 heavy (non-hydrogen) atoms. The van der Waals surface area contributed by atoms with Gasteiger partial charge in [-0.25, -0.2) is 0 Å². The van der Waals surface area contributed by atoms with Gasteiger partial charge in [0.1, 0.15) is 5.75 Å². The van der Waals surface area contributed by atoms with Gasteiger partial charge in [-0.3, -0.25) is 4.79 Å². The highest BCUT2D eigenvalue weighted by atomic mass is 32.2. The summed E-state index contributed by atoms with van der Waals surface area (Å²) in [6, 6.07) is 24.1. The Morgan fingerprint density at radius 1 is 1.00 bits per heavy atom. The van der Waals surface area contributed by atoms with Gasteiger partial charge >= 0.3 is 0 Å². The molecule has 0 spiro atoms. The lowest BCUT2D eigenvalue weighted by atomic mass is 10.1. The number of carbonyl (C=O) groups excluding carboxylic acids is 1. The first kappa shape index (κ1) is 23.6. The molecular weight excluding hydrogens is 444 g/mol. The van der Waals surface area contributed by atoms with E-state index in [1.807, 2.05) is 68.4 Å². The summed E-state index contributed by atoms with van der Waals surface area (Å²) in [7, 11) is 1.65. The maximum atomic E-state index is 12.7. The van der Waals surface area contributed by atoms with Crippen LogP contribution >= 0.6 is 11.8 Å². The van der Waals surface area contributed by atoms with Gasteiger partial charge < -0.3 is 14.6 Å². The van der Waals surface area contributed by atoms with Crippen LogP contribution in [0.3, 0.4) is 0 Å². The first-order valence-electron chi connectivity index (χ1n) is 11.1. The predicted octanol–water partition coefficient (Wildman–Crippen LogP) is 5.54. The molecule has 6 nitrogen and oxygen atoms in total. The van der Waals surface area contributed by atoms with Crippen molar-refractivity contribution in [3.8, 4) is 17.1 Å². The monoisotopic (exact) mass is 472 g/mol. The third kappa shape index (κ3) is 5.85. The summed E-state index contributed by atoms with van der Waals surface area (Å²) in [6.07, 6.45) is 0.838. The molecule has 0 radical (unpaired) electrons. The quantitative estimate of drug-likeness (QED) is 0.324. The molecule has 0 bridgehead atoms. The Morgan fingerprint density at radius 2 is 1.76 bits per heavy atom. The van der Waals surface area contributed by atoms with Crippen LogP contribution in [-0.4, -0.2) is 33.5 Å². The minimum atomic E-state index is -0.0689. The topological polar surface area (TPSA) is 69.0 Å². The second kappa shape index (κ2) is 11.0. The van der Waals surface area contributed by atoms with Crippen molar-refractivity contribution >= 4 is 23.4 Å². The number of hydrogen-bond acceptors (Lipinski definition) is 5. The van der Waals surface area contributed by atoms with Crippen LogP contribution in [0.4, 0.5) is 5.69 Å². The van der Waals surface area contributed by atoms with Gasteiger partial charge in [0, 0.05) is 17.8 Å². The molecule has 0 unspecified atom stereocenters. The van der Waals surface area contributed by atoms with Crippen LogP contribution in [0.5, 0.6) is 5.75 Å². The largest absolute Gasteiger partial charge is 0.497 e. The zero-order valence-electron chi connectivity index (χ0n) is 19.6. The molecule has 1 amide bonds. The number of ether oxygens (including phenoxy) is 1. The molecule has 4 aromatic rings. The SMILES string of the molecule is COc1ccc(-c2nnc(SCC(=O)Nc3ccc(C)cc3C)n2CCc2ccccc2)cc1. The number of methoxy groups -OCH3 is 1. The van der Waals surface area contributed by atoms with E-state index >= 15 is 0 Å². The van der Waals surface area contributed by atoms with E-state index in [4.69, 9.17) is 4.74 Å². The second-order valence-electron chi connectivity index (χ2n) is 8.08. The first-order chi connectivity index (χ1) is 16.5. The number of amides is 1. The minimum Gasteiger partial charge on any atom is -0.497 e. The lowest BCUT2D eigenvalue weighted by molar-refractivity contribution is -0.113. The van der Waals surface area contributed by atoms with Gasteiger partial charge in [-0.2, -0.15) is 0 Å². The summed E-state index contributed by atoms with van der Waals surface area (Å²) < 4.78 is 7.37. The Bertz CT molecular complexity index is 1250. The van der Waals surface area contributed by atoms with E-state index in [0.717, 1.165) is 40.0 Å². The van der Waals surface area contributed by atoms with E-state index in [1.165, 1.54) is 22.9 Å². The maximum absolute atomic E-state index is 12.7. The number of carbonyl (C=O) groups is 1. The smallest absolute Gasteiger partial charge is 0.234 e. The molecule has 0 aliphatic rings. The molecule has 7 heteroatoms. The Labute approximate surface area is 204 Å². The van der Waals surface area contributed by atoms with Crippen molar-refractivity contribution in [1.29, 1.82) is 0 Å². The first-order valence-corrected chi connectivity index (χ1v) is 12.1. The highest BCUT2D eigenvalue weighted by molar-refractivity contribution is 7.99. The summed E-state index contributed by atoms with van der Waals surface area (Å²) >= 11 is 1.39. The zero-order chi connectivity index (χ0) is 23.9. The van der Waals surface area contributed by atoms with Crippen LogP contribution in [0.25, 0.3) is 11.4 Å². The number of aryl methyl sites for hydroxylation is 3. The van der Waals surface area contributed by atoms with E-state index in [9.17, 15) is 4.79 Å². The fraction of sp³-hybridized carbons (Fsp3) is 0.222. The van der Waals surface area contributed by atoms with E-state index in [-0.39, 0.29) is 11.7 Å². The lowest BCUT2D eigenvalue weighted by Crippen LogP contribution is -2.15. The van der Waals surface area contributed by atoms with Crippen molar-refractivity contribution in [2.75, 3.05) is 18.2 Å². The molecule has 3 aromatic carbocycles. The summed E-state index contributed by atoms with van der Waals surface area (Å²) in [5, 5.41) is 12.6. The van der Waals surface area contributed by atoms with Crippen molar-refractivity contribution in [3.05, 3.63) is 89.5 Å². The second-order valence-corrected chi connectivity index (χ2v) is 9.02. The van der Waals surface area contributed by atoms with Crippen molar-refractivity contribution in [3.63, 3.8) is 0 Å². The Kier molecular flexibility index (Phi) is 7.65. The standard InChI is InChI=1S/C27H28N4O2S/c1-19-9-14-24(20(2)17-19)28-25(32)18-34-27-30-29-26(22-10-12-23(33-3)13-11-22)31(27)16-15-21-7-5-4-6-8-21/h4-14,17H,15-16,18H2,1-3H3,(H,28,32). The Balaban J connectivity index is 1.51. The molecule has 0 saturated carbocycles. The molecule has 0 saturated heterocycles. The summed E-state index contributed by atoms with van der Waals surface area (Å²) in [5.41, 5.74) is 5.24. The molecular formula is C27H28N4O2S. The molecule has 1 aromatic heterocycles. The molecule has 1 heterocycles. The number of rotatable bonds is 9. The van der Waals surface area contributed by atoms with Gasteiger partial charge in [0.15, 0.2) is 11.0 Å². The van der Waals surface area contributed by atoms with Crippen molar-refractivity contribution in [1.82, 2.24) is 14.8 Å². The average molecular weight is 473 g/mol. The summed E-state index contributed by atoms with van der Waals surface area (Å²) in [4.78, 5) is 12.7. The third-order valence-corrected chi connectivity index (χ3v) is 6.49. The molecule has 0 aliphatic carbocycles. The van der Waals surface area contributed by atoms with Gasteiger partial charge in [0.2, 0.25) is 5.91 Å². The molecule has 174 valence electrons. The maximum Gasteiger partial charge on any atom is 0.234 e. The van der Waals surface area contributed by atoms with Gasteiger partial charge in [0.25, 0.3) is 0 Å². The van der Waals surface area contributed by atoms with E-state index in [1.54, 1.807) is 7.11 Å². The normalized spacial score (nSPS) is 10.8. The Hall–Kier alpha value is -3.58. The highest BCUT2D eigenvalue weighted by Crippen LogP contribution is 2.26. The van der Waals surface area contributed by atoms with Crippen LogP contribution in [-0.2, 0) is 17.8 Å². The van der Waals surface area contributed by atoms with Crippen LogP contribution in [0.1, 0.15) is 16.7 Å². The number of hydrogen-bond donors (Lipinski definition) is 1. The van der Waals surface area contributed by atoms with Crippen LogP contribution in [0.2, 0.25) is 0 Å². The molecule has 4 rings (SSSR count). The van der Waals surface area contributed by atoms with Crippen molar-refractivity contribution in [2.24, 2.45) is 0 Å². The molecule has 0 atom stereocenters. The fourth-order valence-corrected chi connectivity index (χ4v) is 4.47. The lowest BCUT2D eigenvalue weighted by Gasteiger charge is -2.12. The molecule has 1 N–H and O–H groups in total. The fourth-order valence-electron chi connectivity index (χ4n) is 3.71. The number of aromatic nitrogens is 3. The van der Waals surface area contributed by atoms with Crippen LogP contribution < -0.4 is 10.1 Å². The van der Waals surface area contributed by atoms with E-state index in [2.05, 4.69) is 38.3 Å². The summed E-state index contributed by atoms with van der Waals surface area (Å²) in [6.45, 7) is 4.74. The van der Waals surface area contributed by atoms with Gasteiger partial charge in [-0.05, 0) is 61.7 Å². The summed E-state index contributed by atoms with van der Waals surface area (Å²) in [5.74, 6) is 1.74. The minimum absolute atomic E-state index is 0.0689. The predicted molar refractivity (Wildman–Crippen MR) is 137 cm³/mol. The van der Waals surface area contributed by atoms with Gasteiger partial charge in [-0.15, -0.1) is 10.2 Å². The molecule has 0 aliphatic heterocycles.